The third kappa shape index (κ3) is 5.51. The minimum Gasteiger partial charge on any atom is -0.392 e. The SMILES string of the molecule is Cc1ccc([C@](C)(O)CN2CCN(c3ccc(CO)cc3Cl)[C@H](c3ccc(Cl)cc3)C2)cn1. The number of hydrogen-bond acceptors (Lipinski definition) is 5. The summed E-state index contributed by atoms with van der Waals surface area (Å²) in [7, 11) is 0. The van der Waals surface area contributed by atoms with Gasteiger partial charge in [-0.25, -0.2) is 0 Å². The van der Waals surface area contributed by atoms with Crippen LogP contribution < -0.4 is 4.90 Å². The van der Waals surface area contributed by atoms with E-state index < -0.39 is 5.60 Å². The minimum absolute atomic E-state index is 0.0282. The molecular formula is C26H29Cl2N3O2. The van der Waals surface area contributed by atoms with Crippen molar-refractivity contribution < 1.29 is 10.2 Å². The van der Waals surface area contributed by atoms with Crippen LogP contribution in [0.25, 0.3) is 0 Å². The van der Waals surface area contributed by atoms with E-state index in [1.165, 1.54) is 0 Å². The van der Waals surface area contributed by atoms with Crippen molar-refractivity contribution in [3.05, 3.63) is 93.2 Å². The number of piperazine rings is 1. The molecule has 0 aliphatic carbocycles. The van der Waals surface area contributed by atoms with Crippen molar-refractivity contribution >= 4 is 28.9 Å². The van der Waals surface area contributed by atoms with E-state index in [2.05, 4.69) is 14.8 Å². The van der Waals surface area contributed by atoms with Crippen molar-refractivity contribution in [3.63, 3.8) is 0 Å². The Kier molecular flexibility index (Phi) is 7.27. The smallest absolute Gasteiger partial charge is 0.101 e. The number of aryl methyl sites for hydroxylation is 1. The molecule has 33 heavy (non-hydrogen) atoms. The number of anilines is 1. The maximum absolute atomic E-state index is 11.2. The van der Waals surface area contributed by atoms with E-state index in [4.69, 9.17) is 23.2 Å². The molecule has 174 valence electrons. The van der Waals surface area contributed by atoms with Gasteiger partial charge in [-0.2, -0.15) is 0 Å². The molecular weight excluding hydrogens is 457 g/mol. The molecule has 1 fully saturated rings. The largest absolute Gasteiger partial charge is 0.392 e. The zero-order valence-corrected chi connectivity index (χ0v) is 20.4. The van der Waals surface area contributed by atoms with Crippen LogP contribution >= 0.6 is 23.2 Å². The van der Waals surface area contributed by atoms with Crippen LogP contribution in [0.3, 0.4) is 0 Å². The molecule has 0 spiro atoms. The maximum Gasteiger partial charge on any atom is 0.101 e. The first-order valence-corrected chi connectivity index (χ1v) is 11.8. The lowest BCUT2D eigenvalue weighted by Gasteiger charge is -2.45. The van der Waals surface area contributed by atoms with Gasteiger partial charge in [0.15, 0.2) is 0 Å². The molecule has 2 aromatic carbocycles. The van der Waals surface area contributed by atoms with Gasteiger partial charge in [-0.3, -0.25) is 9.88 Å². The summed E-state index contributed by atoms with van der Waals surface area (Å²) in [5.74, 6) is 0. The topological polar surface area (TPSA) is 59.8 Å². The Hall–Kier alpha value is -2.15. The highest BCUT2D eigenvalue weighted by Gasteiger charge is 2.34. The number of aromatic nitrogens is 1. The van der Waals surface area contributed by atoms with E-state index in [1.807, 2.05) is 68.4 Å². The standard InChI is InChI=1S/C26H29Cl2N3O2/c1-18-3-7-21(14-29-18)26(2,33)17-30-11-12-31(24-10-4-19(16-32)13-23(24)28)25(15-30)20-5-8-22(27)9-6-20/h3-10,13-14,25,32-33H,11-12,15-17H2,1-2H3/t25-,26+/m0/s1. The lowest BCUT2D eigenvalue weighted by molar-refractivity contribution is 0.0100. The Morgan fingerprint density at radius 1 is 1.06 bits per heavy atom. The first-order valence-electron chi connectivity index (χ1n) is 11.1. The number of aliphatic hydroxyl groups is 2. The van der Waals surface area contributed by atoms with Crippen LogP contribution in [0.15, 0.2) is 60.8 Å². The summed E-state index contributed by atoms with van der Waals surface area (Å²) >= 11 is 12.8. The Morgan fingerprint density at radius 3 is 2.45 bits per heavy atom. The first-order chi connectivity index (χ1) is 15.8. The summed E-state index contributed by atoms with van der Waals surface area (Å²) in [6, 6.07) is 17.5. The van der Waals surface area contributed by atoms with Crippen molar-refractivity contribution in [1.82, 2.24) is 9.88 Å². The highest BCUT2D eigenvalue weighted by atomic mass is 35.5. The van der Waals surface area contributed by atoms with Crippen molar-refractivity contribution in [2.45, 2.75) is 32.1 Å². The van der Waals surface area contributed by atoms with E-state index in [9.17, 15) is 10.2 Å². The Labute approximate surface area is 205 Å². The molecule has 0 bridgehead atoms. The van der Waals surface area contributed by atoms with Gasteiger partial charge in [-0.05, 0) is 55.3 Å². The zero-order valence-electron chi connectivity index (χ0n) is 18.9. The van der Waals surface area contributed by atoms with Crippen LogP contribution in [-0.2, 0) is 12.2 Å². The fourth-order valence-corrected chi connectivity index (χ4v) is 4.87. The molecule has 4 rings (SSSR count). The quantitative estimate of drug-likeness (QED) is 0.516. The first kappa shape index (κ1) is 24.0. The highest BCUT2D eigenvalue weighted by Crippen LogP contribution is 2.37. The average molecular weight is 486 g/mol. The monoisotopic (exact) mass is 485 g/mol. The molecule has 1 aliphatic rings. The molecule has 0 radical (unpaired) electrons. The van der Waals surface area contributed by atoms with E-state index in [0.29, 0.717) is 16.6 Å². The minimum atomic E-state index is -1.02. The summed E-state index contributed by atoms with van der Waals surface area (Å²) in [5, 5.41) is 22.0. The normalized spacial score (nSPS) is 18.8. The predicted octanol–water partition coefficient (Wildman–Crippen LogP) is 4.96. The van der Waals surface area contributed by atoms with Gasteiger partial charge in [0.2, 0.25) is 0 Å². The Balaban J connectivity index is 1.61. The van der Waals surface area contributed by atoms with Gasteiger partial charge >= 0.3 is 0 Å². The molecule has 0 unspecified atom stereocenters. The van der Waals surface area contributed by atoms with Crippen molar-refractivity contribution in [1.29, 1.82) is 0 Å². The van der Waals surface area contributed by atoms with E-state index >= 15 is 0 Å². The summed E-state index contributed by atoms with van der Waals surface area (Å²) in [6.07, 6.45) is 1.75. The van der Waals surface area contributed by atoms with Crippen molar-refractivity contribution in [2.75, 3.05) is 31.1 Å². The lowest BCUT2D eigenvalue weighted by Crippen LogP contribution is -2.52. The molecule has 1 saturated heterocycles. The number of pyridine rings is 1. The van der Waals surface area contributed by atoms with Gasteiger partial charge in [-0.15, -0.1) is 0 Å². The molecule has 0 amide bonds. The number of hydrogen-bond donors (Lipinski definition) is 2. The van der Waals surface area contributed by atoms with Gasteiger partial charge in [0, 0.05) is 48.7 Å². The second kappa shape index (κ2) is 10.00. The summed E-state index contributed by atoms with van der Waals surface area (Å²) in [6.45, 7) is 6.46. The number of rotatable bonds is 6. The van der Waals surface area contributed by atoms with Crippen LogP contribution in [0.2, 0.25) is 10.0 Å². The van der Waals surface area contributed by atoms with Gasteiger partial charge in [0.25, 0.3) is 0 Å². The van der Waals surface area contributed by atoms with Crippen LogP contribution in [0.1, 0.15) is 35.3 Å². The van der Waals surface area contributed by atoms with Gasteiger partial charge in [0.05, 0.1) is 23.4 Å². The van der Waals surface area contributed by atoms with Gasteiger partial charge < -0.3 is 15.1 Å². The molecule has 2 N–H and O–H groups in total. The van der Waals surface area contributed by atoms with Crippen LogP contribution in [0, 0.1) is 6.92 Å². The Morgan fingerprint density at radius 2 is 1.82 bits per heavy atom. The van der Waals surface area contributed by atoms with E-state index in [0.717, 1.165) is 47.7 Å². The summed E-state index contributed by atoms with van der Waals surface area (Å²) in [5.41, 5.74) is 3.56. The maximum atomic E-state index is 11.2. The second-order valence-electron chi connectivity index (χ2n) is 8.90. The fraction of sp³-hybridized carbons (Fsp3) is 0.346. The van der Waals surface area contributed by atoms with Crippen molar-refractivity contribution in [2.24, 2.45) is 0 Å². The predicted molar refractivity (Wildman–Crippen MR) is 134 cm³/mol. The molecule has 5 nitrogen and oxygen atoms in total. The molecule has 7 heteroatoms. The van der Waals surface area contributed by atoms with Crippen LogP contribution in [-0.4, -0.2) is 46.3 Å². The average Bonchev–Trinajstić information content (AvgIpc) is 2.80. The van der Waals surface area contributed by atoms with Crippen LogP contribution in [0.4, 0.5) is 5.69 Å². The molecule has 2 heterocycles. The number of aliphatic hydroxyl groups excluding tert-OH is 1. The van der Waals surface area contributed by atoms with E-state index in [1.54, 1.807) is 6.20 Å². The van der Waals surface area contributed by atoms with Gasteiger partial charge in [0.1, 0.15) is 5.60 Å². The lowest BCUT2D eigenvalue weighted by atomic mass is 9.95. The number of β-amino-alcohol motifs (C(OH)–C–C–N with tert-alkyl or cyclic N) is 1. The molecule has 1 aromatic heterocycles. The second-order valence-corrected chi connectivity index (χ2v) is 9.75. The molecule has 2 atom stereocenters. The molecule has 0 saturated carbocycles. The van der Waals surface area contributed by atoms with Gasteiger partial charge in [-0.1, -0.05) is 47.5 Å². The summed E-state index contributed by atoms with van der Waals surface area (Å²) in [4.78, 5) is 8.93. The number of benzene rings is 2. The fourth-order valence-electron chi connectivity index (χ4n) is 4.44. The number of nitrogens with zero attached hydrogens (tertiary/aromatic N) is 3. The highest BCUT2D eigenvalue weighted by molar-refractivity contribution is 6.33. The number of halogens is 2. The van der Waals surface area contributed by atoms with E-state index in [-0.39, 0.29) is 12.6 Å². The molecule has 1 aliphatic heterocycles. The van der Waals surface area contributed by atoms with Crippen LogP contribution in [0.5, 0.6) is 0 Å². The Bertz CT molecular complexity index is 1090. The zero-order chi connectivity index (χ0) is 23.6. The third-order valence-electron chi connectivity index (χ3n) is 6.29. The molecule has 3 aromatic rings. The summed E-state index contributed by atoms with van der Waals surface area (Å²) < 4.78 is 0. The van der Waals surface area contributed by atoms with Crippen molar-refractivity contribution in [3.8, 4) is 0 Å². The third-order valence-corrected chi connectivity index (χ3v) is 6.84.